The summed E-state index contributed by atoms with van der Waals surface area (Å²) in [6.07, 6.45) is 2.64. The molecule has 3 heterocycles. The Balaban J connectivity index is 1.41. The molecule has 0 fully saturated rings. The summed E-state index contributed by atoms with van der Waals surface area (Å²) in [5.74, 6) is 0. The highest BCUT2D eigenvalue weighted by atomic mass is 35.5. The van der Waals surface area contributed by atoms with Crippen LogP contribution in [0.4, 0.5) is 0 Å². The molecule has 0 aliphatic heterocycles. The molecule has 8 heteroatoms. The first-order valence-electron chi connectivity index (χ1n) is 8.65. The van der Waals surface area contributed by atoms with Gasteiger partial charge in [-0.25, -0.2) is 0 Å². The summed E-state index contributed by atoms with van der Waals surface area (Å²) < 4.78 is 3.85. The Morgan fingerprint density at radius 1 is 1.00 bits per heavy atom. The van der Waals surface area contributed by atoms with E-state index in [1.54, 1.807) is 11.3 Å². The largest absolute Gasteiger partial charge is 0.268 e. The zero-order chi connectivity index (χ0) is 18.8. The lowest BCUT2D eigenvalue weighted by Crippen LogP contribution is -2.03. The Morgan fingerprint density at radius 2 is 1.81 bits per heavy atom. The number of hydrogen-bond acceptors (Lipinski definition) is 5. The van der Waals surface area contributed by atoms with Crippen LogP contribution < -0.4 is 0 Å². The number of aryl methyl sites for hydroxylation is 2. The summed E-state index contributed by atoms with van der Waals surface area (Å²) in [6, 6.07) is 11.9. The summed E-state index contributed by atoms with van der Waals surface area (Å²) in [7, 11) is 0. The van der Waals surface area contributed by atoms with Crippen molar-refractivity contribution in [3.63, 3.8) is 0 Å². The van der Waals surface area contributed by atoms with Crippen LogP contribution in [-0.4, -0.2) is 29.8 Å². The van der Waals surface area contributed by atoms with E-state index in [-0.39, 0.29) is 0 Å². The predicted molar refractivity (Wildman–Crippen MR) is 106 cm³/mol. The molecule has 138 valence electrons. The third kappa shape index (κ3) is 4.26. The average Bonchev–Trinajstić information content (AvgIpc) is 3.33. The van der Waals surface area contributed by atoms with Crippen LogP contribution in [-0.2, 0) is 19.5 Å². The van der Waals surface area contributed by atoms with Crippen molar-refractivity contribution in [1.82, 2.24) is 29.8 Å². The molecule has 4 rings (SSSR count). The third-order valence-electron chi connectivity index (χ3n) is 4.22. The summed E-state index contributed by atoms with van der Waals surface area (Å²) >= 11 is 7.83. The predicted octanol–water partition coefficient (Wildman–Crippen LogP) is 3.89. The summed E-state index contributed by atoms with van der Waals surface area (Å²) in [4.78, 5) is 0. The van der Waals surface area contributed by atoms with E-state index in [2.05, 4.69) is 26.5 Å². The fourth-order valence-corrected chi connectivity index (χ4v) is 3.97. The molecule has 0 unspecified atom stereocenters. The van der Waals surface area contributed by atoms with Crippen molar-refractivity contribution in [2.24, 2.45) is 0 Å². The van der Waals surface area contributed by atoms with Gasteiger partial charge < -0.3 is 0 Å². The van der Waals surface area contributed by atoms with Gasteiger partial charge in [0.15, 0.2) is 0 Å². The Morgan fingerprint density at radius 3 is 2.59 bits per heavy atom. The molecule has 1 aromatic carbocycles. The SMILES string of the molecule is Cc1cc(C)n(Cc2nnc(Cc3ccn(Cc4ccccc4Cl)n3)s2)n1. The van der Waals surface area contributed by atoms with Crippen LogP contribution in [0.15, 0.2) is 42.6 Å². The van der Waals surface area contributed by atoms with Crippen molar-refractivity contribution >= 4 is 22.9 Å². The minimum atomic E-state index is 0.651. The highest BCUT2D eigenvalue weighted by molar-refractivity contribution is 7.11. The van der Waals surface area contributed by atoms with Crippen molar-refractivity contribution in [2.75, 3.05) is 0 Å². The number of halogens is 1. The van der Waals surface area contributed by atoms with Gasteiger partial charge in [0.1, 0.15) is 10.0 Å². The van der Waals surface area contributed by atoms with Gasteiger partial charge in [0.05, 0.1) is 24.5 Å². The first-order chi connectivity index (χ1) is 13.1. The van der Waals surface area contributed by atoms with Gasteiger partial charge in [-0.3, -0.25) is 9.36 Å². The van der Waals surface area contributed by atoms with Crippen LogP contribution in [0.1, 0.15) is 32.7 Å². The van der Waals surface area contributed by atoms with Gasteiger partial charge in [-0.15, -0.1) is 10.2 Å². The minimum Gasteiger partial charge on any atom is -0.268 e. The molecule has 0 spiro atoms. The maximum Gasteiger partial charge on any atom is 0.139 e. The highest BCUT2D eigenvalue weighted by Gasteiger charge is 2.10. The molecule has 0 aliphatic carbocycles. The first kappa shape index (κ1) is 17.9. The van der Waals surface area contributed by atoms with E-state index in [0.29, 0.717) is 19.5 Å². The molecule has 0 saturated heterocycles. The van der Waals surface area contributed by atoms with Gasteiger partial charge in [-0.1, -0.05) is 41.1 Å². The van der Waals surface area contributed by atoms with E-state index in [1.807, 2.05) is 59.7 Å². The van der Waals surface area contributed by atoms with Crippen LogP contribution in [0, 0.1) is 13.8 Å². The van der Waals surface area contributed by atoms with Crippen molar-refractivity contribution in [3.05, 3.63) is 80.3 Å². The average molecular weight is 399 g/mol. The third-order valence-corrected chi connectivity index (χ3v) is 5.49. The number of nitrogens with zero attached hydrogens (tertiary/aromatic N) is 6. The first-order valence-corrected chi connectivity index (χ1v) is 9.84. The van der Waals surface area contributed by atoms with Crippen LogP contribution in [0.5, 0.6) is 0 Å². The molecule has 0 N–H and O–H groups in total. The standard InChI is InChI=1S/C19H19ClN6S/c1-13-9-14(2)26(23-13)12-19-22-21-18(27-19)10-16-7-8-25(24-16)11-15-5-3-4-6-17(15)20/h3-9H,10-12H2,1-2H3. The van der Waals surface area contributed by atoms with Crippen molar-refractivity contribution in [1.29, 1.82) is 0 Å². The van der Waals surface area contributed by atoms with E-state index in [0.717, 1.165) is 37.7 Å². The van der Waals surface area contributed by atoms with Crippen LogP contribution >= 0.6 is 22.9 Å². The molecule has 4 aromatic rings. The lowest BCUT2D eigenvalue weighted by molar-refractivity contribution is 0.650. The van der Waals surface area contributed by atoms with E-state index >= 15 is 0 Å². The maximum atomic E-state index is 6.23. The molecule has 27 heavy (non-hydrogen) atoms. The quantitative estimate of drug-likeness (QED) is 0.494. The molecule has 0 aliphatic rings. The molecular formula is C19H19ClN6S. The summed E-state index contributed by atoms with van der Waals surface area (Å²) in [5, 5.41) is 20.4. The lowest BCUT2D eigenvalue weighted by atomic mass is 10.2. The van der Waals surface area contributed by atoms with E-state index in [9.17, 15) is 0 Å². The van der Waals surface area contributed by atoms with Crippen LogP contribution in [0.3, 0.4) is 0 Å². The van der Waals surface area contributed by atoms with Gasteiger partial charge >= 0.3 is 0 Å². The van der Waals surface area contributed by atoms with Crippen molar-refractivity contribution in [2.45, 2.75) is 33.4 Å². The molecule has 0 amide bonds. The molecule has 6 nitrogen and oxygen atoms in total. The molecule has 3 aromatic heterocycles. The Bertz CT molecular complexity index is 1060. The van der Waals surface area contributed by atoms with Crippen LogP contribution in [0.25, 0.3) is 0 Å². The monoisotopic (exact) mass is 398 g/mol. The van der Waals surface area contributed by atoms with E-state index in [1.165, 1.54) is 0 Å². The highest BCUT2D eigenvalue weighted by Crippen LogP contribution is 2.18. The molecule has 0 bridgehead atoms. The smallest absolute Gasteiger partial charge is 0.139 e. The van der Waals surface area contributed by atoms with Gasteiger partial charge in [0, 0.05) is 23.3 Å². The van der Waals surface area contributed by atoms with Gasteiger partial charge in [0.2, 0.25) is 0 Å². The number of aromatic nitrogens is 6. The number of hydrogen-bond donors (Lipinski definition) is 0. The number of benzene rings is 1. The van der Waals surface area contributed by atoms with E-state index in [4.69, 9.17) is 11.6 Å². The second kappa shape index (κ2) is 7.62. The Labute approximate surface area is 166 Å². The fourth-order valence-electron chi connectivity index (χ4n) is 2.93. The minimum absolute atomic E-state index is 0.651. The molecule has 0 saturated carbocycles. The molecule has 0 atom stereocenters. The summed E-state index contributed by atoms with van der Waals surface area (Å²) in [6.45, 7) is 5.35. The van der Waals surface area contributed by atoms with Crippen molar-refractivity contribution < 1.29 is 0 Å². The zero-order valence-corrected chi connectivity index (χ0v) is 16.7. The van der Waals surface area contributed by atoms with Gasteiger partial charge in [-0.2, -0.15) is 10.2 Å². The zero-order valence-electron chi connectivity index (χ0n) is 15.1. The van der Waals surface area contributed by atoms with Crippen molar-refractivity contribution in [3.8, 4) is 0 Å². The topological polar surface area (TPSA) is 61.4 Å². The Kier molecular flexibility index (Phi) is 5.05. The van der Waals surface area contributed by atoms with Gasteiger partial charge in [0.25, 0.3) is 0 Å². The molecular weight excluding hydrogens is 380 g/mol. The second-order valence-electron chi connectivity index (χ2n) is 6.45. The molecule has 0 radical (unpaired) electrons. The Hall–Kier alpha value is -2.51. The normalized spacial score (nSPS) is 11.2. The summed E-state index contributed by atoms with van der Waals surface area (Å²) in [5.41, 5.74) is 4.16. The number of rotatable bonds is 6. The maximum absolute atomic E-state index is 6.23. The fraction of sp³-hybridized carbons (Fsp3) is 0.263. The van der Waals surface area contributed by atoms with E-state index < -0.39 is 0 Å². The van der Waals surface area contributed by atoms with Gasteiger partial charge in [-0.05, 0) is 37.6 Å². The van der Waals surface area contributed by atoms with Crippen LogP contribution in [0.2, 0.25) is 5.02 Å². The second-order valence-corrected chi connectivity index (χ2v) is 8.00. The lowest BCUT2D eigenvalue weighted by Gasteiger charge is -2.03.